The molecule has 0 fully saturated rings. The third kappa shape index (κ3) is 3.25. The van der Waals surface area contributed by atoms with Crippen LogP contribution in [0.25, 0.3) is 0 Å². The van der Waals surface area contributed by atoms with Gasteiger partial charge in [-0.2, -0.15) is 0 Å². The third-order valence-corrected chi connectivity index (χ3v) is 2.93. The SMILES string of the molecule is CCCCOCCOc1cccc2c1B(O)OC2. The first-order chi connectivity index (χ1) is 8.83. The molecule has 1 N–H and O–H groups in total. The van der Waals surface area contributed by atoms with Crippen molar-refractivity contribution in [2.45, 2.75) is 26.4 Å². The second kappa shape index (κ2) is 6.78. The number of rotatable bonds is 7. The van der Waals surface area contributed by atoms with Crippen LogP contribution in [0.1, 0.15) is 25.3 Å². The Morgan fingerprint density at radius 3 is 3.06 bits per heavy atom. The van der Waals surface area contributed by atoms with Crippen LogP contribution in [0, 0.1) is 0 Å². The lowest BCUT2D eigenvalue weighted by molar-refractivity contribution is 0.0983. The Labute approximate surface area is 108 Å². The number of unbranched alkanes of at least 4 members (excludes halogenated alkanes) is 1. The van der Waals surface area contributed by atoms with Gasteiger partial charge in [0, 0.05) is 12.1 Å². The van der Waals surface area contributed by atoms with Gasteiger partial charge in [-0.05, 0) is 18.1 Å². The average molecular weight is 250 g/mol. The van der Waals surface area contributed by atoms with Gasteiger partial charge in [-0.25, -0.2) is 0 Å². The highest BCUT2D eigenvalue weighted by Crippen LogP contribution is 2.17. The number of ether oxygens (including phenoxy) is 2. The number of fused-ring (bicyclic) bond motifs is 1. The first-order valence-corrected chi connectivity index (χ1v) is 6.45. The van der Waals surface area contributed by atoms with Crippen LogP contribution in [-0.4, -0.2) is 32.0 Å². The Morgan fingerprint density at radius 1 is 1.33 bits per heavy atom. The smallest absolute Gasteiger partial charge is 0.492 e. The summed E-state index contributed by atoms with van der Waals surface area (Å²) in [5.41, 5.74) is 1.75. The third-order valence-electron chi connectivity index (χ3n) is 2.93. The molecule has 1 heterocycles. The van der Waals surface area contributed by atoms with Gasteiger partial charge in [0.05, 0.1) is 13.2 Å². The van der Waals surface area contributed by atoms with Gasteiger partial charge in [0.1, 0.15) is 12.4 Å². The molecule has 5 heteroatoms. The van der Waals surface area contributed by atoms with E-state index in [0.29, 0.717) is 25.6 Å². The zero-order valence-corrected chi connectivity index (χ0v) is 10.7. The van der Waals surface area contributed by atoms with E-state index in [4.69, 9.17) is 14.1 Å². The normalized spacial score (nSPS) is 13.8. The molecule has 4 nitrogen and oxygen atoms in total. The molecule has 1 aliphatic rings. The summed E-state index contributed by atoms with van der Waals surface area (Å²) in [4.78, 5) is 0. The number of benzene rings is 1. The van der Waals surface area contributed by atoms with Crippen LogP contribution in [0.15, 0.2) is 18.2 Å². The zero-order valence-electron chi connectivity index (χ0n) is 10.7. The van der Waals surface area contributed by atoms with Crippen LogP contribution in [0.3, 0.4) is 0 Å². The topological polar surface area (TPSA) is 47.9 Å². The molecule has 1 aromatic rings. The van der Waals surface area contributed by atoms with Crippen molar-refractivity contribution >= 4 is 12.6 Å². The van der Waals surface area contributed by atoms with Crippen LogP contribution in [-0.2, 0) is 16.0 Å². The molecule has 18 heavy (non-hydrogen) atoms. The highest BCUT2D eigenvalue weighted by molar-refractivity contribution is 6.62. The quantitative estimate of drug-likeness (QED) is 0.581. The number of hydrogen-bond acceptors (Lipinski definition) is 4. The van der Waals surface area contributed by atoms with E-state index in [9.17, 15) is 5.02 Å². The minimum absolute atomic E-state index is 0.445. The van der Waals surface area contributed by atoms with Crippen molar-refractivity contribution < 1.29 is 19.2 Å². The predicted octanol–water partition coefficient (Wildman–Crippen LogP) is 1.10. The fourth-order valence-electron chi connectivity index (χ4n) is 1.93. The molecule has 1 aromatic carbocycles. The van der Waals surface area contributed by atoms with E-state index in [1.165, 1.54) is 0 Å². The van der Waals surface area contributed by atoms with Gasteiger partial charge in [-0.15, -0.1) is 0 Å². The van der Waals surface area contributed by atoms with Crippen LogP contribution in [0.4, 0.5) is 0 Å². The molecule has 0 radical (unpaired) electrons. The van der Waals surface area contributed by atoms with Gasteiger partial charge in [0.15, 0.2) is 0 Å². The predicted molar refractivity (Wildman–Crippen MR) is 70.1 cm³/mol. The van der Waals surface area contributed by atoms with E-state index in [2.05, 4.69) is 6.92 Å². The molecular weight excluding hydrogens is 231 g/mol. The Morgan fingerprint density at radius 2 is 2.22 bits per heavy atom. The molecule has 98 valence electrons. The summed E-state index contributed by atoms with van der Waals surface area (Å²) in [5, 5.41) is 9.70. The summed E-state index contributed by atoms with van der Waals surface area (Å²) in [5.74, 6) is 0.691. The molecule has 0 amide bonds. The van der Waals surface area contributed by atoms with E-state index >= 15 is 0 Å². The van der Waals surface area contributed by atoms with Crippen LogP contribution in [0.2, 0.25) is 0 Å². The van der Waals surface area contributed by atoms with Crippen molar-refractivity contribution in [3.63, 3.8) is 0 Å². The molecule has 0 spiro atoms. The Balaban J connectivity index is 1.81. The van der Waals surface area contributed by atoms with Crippen LogP contribution in [0.5, 0.6) is 5.75 Å². The summed E-state index contributed by atoms with van der Waals surface area (Å²) < 4.78 is 16.2. The van der Waals surface area contributed by atoms with E-state index < -0.39 is 7.12 Å². The summed E-state index contributed by atoms with van der Waals surface area (Å²) in [7, 11) is -0.864. The minimum atomic E-state index is -0.864. The first kappa shape index (κ1) is 13.4. The fourth-order valence-corrected chi connectivity index (χ4v) is 1.93. The van der Waals surface area contributed by atoms with Crippen LogP contribution < -0.4 is 10.2 Å². The first-order valence-electron chi connectivity index (χ1n) is 6.45. The lowest BCUT2D eigenvalue weighted by atomic mass is 9.79. The second-order valence-corrected chi connectivity index (χ2v) is 4.31. The van der Waals surface area contributed by atoms with Gasteiger partial charge < -0.3 is 19.2 Å². The highest BCUT2D eigenvalue weighted by atomic mass is 16.5. The summed E-state index contributed by atoms with van der Waals surface area (Å²) in [6, 6.07) is 5.70. The standard InChI is InChI=1S/C13H19BO4/c1-2-3-7-16-8-9-17-12-6-4-5-11-10-18-14(15)13(11)12/h4-6,15H,2-3,7-10H2,1H3. The summed E-state index contributed by atoms with van der Waals surface area (Å²) in [6.07, 6.45) is 2.21. The summed E-state index contributed by atoms with van der Waals surface area (Å²) in [6.45, 7) is 4.42. The molecule has 0 saturated heterocycles. The Kier molecular flexibility index (Phi) is 5.05. The van der Waals surface area contributed by atoms with E-state index in [0.717, 1.165) is 30.5 Å². The maximum absolute atomic E-state index is 9.70. The molecule has 1 aliphatic heterocycles. The average Bonchev–Trinajstić information content (AvgIpc) is 2.76. The van der Waals surface area contributed by atoms with Crippen molar-refractivity contribution in [2.24, 2.45) is 0 Å². The monoisotopic (exact) mass is 250 g/mol. The van der Waals surface area contributed by atoms with Crippen LogP contribution >= 0.6 is 0 Å². The molecule has 0 saturated carbocycles. The molecule has 0 bridgehead atoms. The van der Waals surface area contributed by atoms with Crippen molar-refractivity contribution in [3.8, 4) is 5.75 Å². The molecule has 0 unspecified atom stereocenters. The Hall–Kier alpha value is -1.04. The van der Waals surface area contributed by atoms with Gasteiger partial charge in [-0.1, -0.05) is 25.5 Å². The number of hydrogen-bond donors (Lipinski definition) is 1. The zero-order chi connectivity index (χ0) is 12.8. The van der Waals surface area contributed by atoms with E-state index in [1.807, 2.05) is 18.2 Å². The van der Waals surface area contributed by atoms with Crippen molar-refractivity contribution in [2.75, 3.05) is 19.8 Å². The highest BCUT2D eigenvalue weighted by Gasteiger charge is 2.30. The van der Waals surface area contributed by atoms with Gasteiger partial charge >= 0.3 is 7.12 Å². The van der Waals surface area contributed by atoms with Gasteiger partial charge in [0.25, 0.3) is 0 Å². The van der Waals surface area contributed by atoms with E-state index in [-0.39, 0.29) is 0 Å². The van der Waals surface area contributed by atoms with Crippen molar-refractivity contribution in [3.05, 3.63) is 23.8 Å². The molecule has 0 aliphatic carbocycles. The van der Waals surface area contributed by atoms with Gasteiger partial charge in [0.2, 0.25) is 0 Å². The van der Waals surface area contributed by atoms with Crippen molar-refractivity contribution in [1.29, 1.82) is 0 Å². The Bertz CT molecular complexity index is 383. The molecule has 0 atom stereocenters. The molecule has 0 aromatic heterocycles. The van der Waals surface area contributed by atoms with Gasteiger partial charge in [-0.3, -0.25) is 0 Å². The summed E-state index contributed by atoms with van der Waals surface area (Å²) >= 11 is 0. The van der Waals surface area contributed by atoms with E-state index in [1.54, 1.807) is 0 Å². The lowest BCUT2D eigenvalue weighted by Crippen LogP contribution is -2.30. The maximum atomic E-state index is 9.70. The minimum Gasteiger partial charge on any atom is -0.492 e. The molecular formula is C13H19BO4. The fraction of sp³-hybridized carbons (Fsp3) is 0.538. The largest absolute Gasteiger partial charge is 0.495 e. The lowest BCUT2D eigenvalue weighted by Gasteiger charge is -2.10. The second-order valence-electron chi connectivity index (χ2n) is 4.31. The van der Waals surface area contributed by atoms with Crippen molar-refractivity contribution in [1.82, 2.24) is 0 Å². The molecule has 2 rings (SSSR count). The maximum Gasteiger partial charge on any atom is 0.495 e.